The number of carbonyl (C=O) groups excluding carboxylic acids is 1. The van der Waals surface area contributed by atoms with Gasteiger partial charge in [-0.1, -0.05) is 29.5 Å². The highest BCUT2D eigenvalue weighted by Gasteiger charge is 2.21. The van der Waals surface area contributed by atoms with Gasteiger partial charge >= 0.3 is 0 Å². The van der Waals surface area contributed by atoms with E-state index in [-0.39, 0.29) is 12.5 Å². The third kappa shape index (κ3) is 4.75. The molecule has 158 valence electrons. The summed E-state index contributed by atoms with van der Waals surface area (Å²) in [5.74, 6) is 1.60. The highest BCUT2D eigenvalue weighted by Crippen LogP contribution is 2.32. The topological polar surface area (TPSA) is 73.8 Å². The molecule has 7 nitrogen and oxygen atoms in total. The maximum Gasteiger partial charge on any atom is 0.267 e. The first-order valence-electron chi connectivity index (χ1n) is 9.57. The highest BCUT2D eigenvalue weighted by atomic mass is 32.1. The van der Waals surface area contributed by atoms with Gasteiger partial charge in [0.2, 0.25) is 0 Å². The summed E-state index contributed by atoms with van der Waals surface area (Å²) >= 11 is 1.43. The van der Waals surface area contributed by atoms with Crippen LogP contribution in [-0.4, -0.2) is 36.7 Å². The third-order valence-corrected chi connectivity index (χ3v) is 5.64. The molecule has 2 aromatic carbocycles. The average molecular weight is 436 g/mol. The highest BCUT2D eigenvalue weighted by molar-refractivity contribution is 7.22. The van der Waals surface area contributed by atoms with Gasteiger partial charge in [-0.2, -0.15) is 0 Å². The van der Waals surface area contributed by atoms with Gasteiger partial charge in [0.25, 0.3) is 5.91 Å². The predicted molar refractivity (Wildman–Crippen MR) is 120 cm³/mol. The number of fused-ring (bicyclic) bond motifs is 1. The van der Waals surface area contributed by atoms with Crippen molar-refractivity contribution in [2.45, 2.75) is 6.54 Å². The van der Waals surface area contributed by atoms with E-state index in [0.29, 0.717) is 23.2 Å². The van der Waals surface area contributed by atoms with Crippen molar-refractivity contribution in [1.29, 1.82) is 0 Å². The van der Waals surface area contributed by atoms with Crippen molar-refractivity contribution in [2.24, 2.45) is 0 Å². The number of hydrogen-bond acceptors (Lipinski definition) is 7. The van der Waals surface area contributed by atoms with Crippen molar-refractivity contribution >= 4 is 32.6 Å². The van der Waals surface area contributed by atoms with Crippen LogP contribution in [0.2, 0.25) is 0 Å². The van der Waals surface area contributed by atoms with Crippen molar-refractivity contribution in [2.75, 3.05) is 25.7 Å². The van der Waals surface area contributed by atoms with Crippen molar-refractivity contribution in [1.82, 2.24) is 9.97 Å². The Labute approximate surface area is 183 Å². The number of anilines is 1. The molecule has 0 saturated carbocycles. The molecule has 4 aromatic rings. The summed E-state index contributed by atoms with van der Waals surface area (Å²) in [7, 11) is 3.19. The molecule has 1 amide bonds. The zero-order valence-electron chi connectivity index (χ0n) is 17.1. The van der Waals surface area contributed by atoms with Gasteiger partial charge in [0.05, 0.1) is 31.0 Å². The van der Waals surface area contributed by atoms with E-state index >= 15 is 0 Å². The van der Waals surface area contributed by atoms with Gasteiger partial charge in [0.1, 0.15) is 5.75 Å². The zero-order chi connectivity index (χ0) is 21.6. The number of carbonyl (C=O) groups is 1. The number of para-hydroxylation sites is 2. The van der Waals surface area contributed by atoms with E-state index in [4.69, 9.17) is 14.2 Å². The standard InChI is InChI=1S/C23H21N3O4S/c1-28-17-9-10-18-21(12-17)31-23(25-18)26(14-16-6-5-11-24-13-16)22(27)15-30-20-8-4-3-7-19(20)29-2/h3-13H,14-15H2,1-2H3. The second-order valence-corrected chi connectivity index (χ2v) is 7.62. The summed E-state index contributed by atoms with van der Waals surface area (Å²) in [5, 5.41) is 0.584. The molecule has 0 radical (unpaired) electrons. The van der Waals surface area contributed by atoms with E-state index in [1.165, 1.54) is 11.3 Å². The lowest BCUT2D eigenvalue weighted by atomic mass is 10.2. The van der Waals surface area contributed by atoms with Crippen molar-refractivity contribution in [3.05, 3.63) is 72.6 Å². The van der Waals surface area contributed by atoms with E-state index in [1.54, 1.807) is 43.6 Å². The summed E-state index contributed by atoms with van der Waals surface area (Å²) in [6, 6.07) is 16.6. The molecule has 0 atom stereocenters. The molecule has 4 rings (SSSR count). The van der Waals surface area contributed by atoms with Crippen LogP contribution in [0.1, 0.15) is 5.56 Å². The number of hydrogen-bond donors (Lipinski definition) is 0. The van der Waals surface area contributed by atoms with Crippen LogP contribution in [0.3, 0.4) is 0 Å². The Morgan fingerprint density at radius 3 is 2.61 bits per heavy atom. The van der Waals surface area contributed by atoms with E-state index in [9.17, 15) is 4.79 Å². The van der Waals surface area contributed by atoms with Crippen LogP contribution in [-0.2, 0) is 11.3 Å². The summed E-state index contributed by atoms with van der Waals surface area (Å²) < 4.78 is 17.3. The summed E-state index contributed by atoms with van der Waals surface area (Å²) in [5.41, 5.74) is 1.69. The number of aromatic nitrogens is 2. The van der Waals surface area contributed by atoms with E-state index in [2.05, 4.69) is 9.97 Å². The average Bonchev–Trinajstić information content (AvgIpc) is 3.24. The van der Waals surface area contributed by atoms with Gasteiger partial charge in [-0.05, 0) is 42.0 Å². The molecule has 0 bridgehead atoms. The molecule has 0 aliphatic rings. The van der Waals surface area contributed by atoms with Gasteiger partial charge in [0, 0.05) is 12.4 Å². The number of benzene rings is 2. The first-order valence-corrected chi connectivity index (χ1v) is 10.4. The molecule has 0 saturated heterocycles. The normalized spacial score (nSPS) is 10.6. The SMILES string of the molecule is COc1ccc2nc(N(Cc3cccnc3)C(=O)COc3ccccc3OC)sc2c1. The van der Waals surface area contributed by atoms with Gasteiger partial charge in [-0.15, -0.1) is 0 Å². The second-order valence-electron chi connectivity index (χ2n) is 6.61. The van der Waals surface area contributed by atoms with Crippen LogP contribution >= 0.6 is 11.3 Å². The van der Waals surface area contributed by atoms with E-state index in [0.717, 1.165) is 21.5 Å². The first kappa shape index (κ1) is 20.6. The number of thiazole rings is 1. The minimum Gasteiger partial charge on any atom is -0.497 e. The number of nitrogens with zero attached hydrogens (tertiary/aromatic N) is 3. The summed E-state index contributed by atoms with van der Waals surface area (Å²) in [6.07, 6.45) is 3.43. The lowest BCUT2D eigenvalue weighted by Crippen LogP contribution is -2.34. The smallest absolute Gasteiger partial charge is 0.267 e. The minimum absolute atomic E-state index is 0.153. The molecular formula is C23H21N3O4S. The Morgan fingerprint density at radius 2 is 1.87 bits per heavy atom. The fourth-order valence-corrected chi connectivity index (χ4v) is 4.04. The number of methoxy groups -OCH3 is 2. The monoisotopic (exact) mass is 435 g/mol. The Bertz CT molecular complexity index is 1180. The predicted octanol–water partition coefficient (Wildman–Crippen LogP) is 4.32. The number of amides is 1. The minimum atomic E-state index is -0.221. The van der Waals surface area contributed by atoms with Crippen molar-refractivity contribution < 1.29 is 19.0 Å². The Kier molecular flexibility index (Phi) is 6.28. The summed E-state index contributed by atoms with van der Waals surface area (Å²) in [6.45, 7) is 0.179. The molecule has 0 aliphatic heterocycles. The maximum absolute atomic E-state index is 13.2. The lowest BCUT2D eigenvalue weighted by Gasteiger charge is -2.20. The van der Waals surface area contributed by atoms with Gasteiger partial charge in [0.15, 0.2) is 23.2 Å². The number of ether oxygens (including phenoxy) is 3. The molecule has 31 heavy (non-hydrogen) atoms. The summed E-state index contributed by atoms with van der Waals surface area (Å²) in [4.78, 5) is 23.6. The second kappa shape index (κ2) is 9.44. The quantitative estimate of drug-likeness (QED) is 0.410. The van der Waals surface area contributed by atoms with Crippen LogP contribution in [0.25, 0.3) is 10.2 Å². The van der Waals surface area contributed by atoms with E-state index in [1.807, 2.05) is 42.5 Å². The van der Waals surface area contributed by atoms with Crippen molar-refractivity contribution in [3.8, 4) is 17.2 Å². The van der Waals surface area contributed by atoms with Crippen LogP contribution in [0, 0.1) is 0 Å². The molecule has 0 spiro atoms. The van der Waals surface area contributed by atoms with Gasteiger partial charge < -0.3 is 14.2 Å². The number of pyridine rings is 1. The molecule has 0 N–H and O–H groups in total. The van der Waals surface area contributed by atoms with Crippen LogP contribution < -0.4 is 19.1 Å². The molecule has 8 heteroatoms. The largest absolute Gasteiger partial charge is 0.497 e. The van der Waals surface area contributed by atoms with Crippen molar-refractivity contribution in [3.63, 3.8) is 0 Å². The molecule has 2 heterocycles. The van der Waals surface area contributed by atoms with Crippen LogP contribution in [0.4, 0.5) is 5.13 Å². The first-order chi connectivity index (χ1) is 15.2. The lowest BCUT2D eigenvalue weighted by molar-refractivity contribution is -0.120. The third-order valence-electron chi connectivity index (χ3n) is 4.60. The Morgan fingerprint density at radius 1 is 1.03 bits per heavy atom. The Hall–Kier alpha value is -3.65. The van der Waals surface area contributed by atoms with Gasteiger partial charge in [-0.25, -0.2) is 4.98 Å². The molecule has 2 aromatic heterocycles. The zero-order valence-corrected chi connectivity index (χ0v) is 18.0. The fourth-order valence-electron chi connectivity index (χ4n) is 3.03. The molecule has 0 unspecified atom stereocenters. The van der Waals surface area contributed by atoms with Gasteiger partial charge in [-0.3, -0.25) is 14.7 Å². The van der Waals surface area contributed by atoms with E-state index < -0.39 is 0 Å². The van der Waals surface area contributed by atoms with Crippen LogP contribution in [0.5, 0.6) is 17.2 Å². The maximum atomic E-state index is 13.2. The molecule has 0 fully saturated rings. The Balaban J connectivity index is 1.61. The number of rotatable bonds is 8. The van der Waals surface area contributed by atoms with Crippen LogP contribution in [0.15, 0.2) is 67.0 Å². The fraction of sp³-hybridized carbons (Fsp3) is 0.174. The molecule has 0 aliphatic carbocycles. The molecular weight excluding hydrogens is 414 g/mol.